The topological polar surface area (TPSA) is 26.3 Å². The van der Waals surface area contributed by atoms with E-state index in [2.05, 4.69) is 13.2 Å². The fourth-order valence-corrected chi connectivity index (χ4v) is 2.11. The average molecular weight is 220 g/mol. The fourth-order valence-electron chi connectivity index (χ4n) is 2.11. The molecule has 0 aliphatic heterocycles. The summed E-state index contributed by atoms with van der Waals surface area (Å²) in [6.45, 7) is 10.1. The van der Waals surface area contributed by atoms with E-state index in [1.165, 1.54) is 11.6 Å². The van der Waals surface area contributed by atoms with Crippen LogP contribution in [0, 0.1) is 11.8 Å². The summed E-state index contributed by atoms with van der Waals surface area (Å²) in [5.41, 5.74) is 1.25. The number of carbonyl (C=O) groups is 1. The Labute approximate surface area is 97.7 Å². The van der Waals surface area contributed by atoms with Crippen molar-refractivity contribution in [3.05, 3.63) is 37.0 Å². The minimum Gasteiger partial charge on any atom is -0.463 e. The number of ether oxygens (including phenoxy) is 1. The highest BCUT2D eigenvalue weighted by Crippen LogP contribution is 2.37. The van der Waals surface area contributed by atoms with Gasteiger partial charge in [-0.15, -0.1) is 6.58 Å². The van der Waals surface area contributed by atoms with E-state index in [1.54, 1.807) is 6.92 Å². The highest BCUT2D eigenvalue weighted by molar-refractivity contribution is 5.81. The van der Waals surface area contributed by atoms with Gasteiger partial charge in [0.2, 0.25) is 0 Å². The van der Waals surface area contributed by atoms with Gasteiger partial charge < -0.3 is 4.74 Å². The van der Waals surface area contributed by atoms with E-state index in [4.69, 9.17) is 4.74 Å². The van der Waals surface area contributed by atoms with Gasteiger partial charge in [-0.2, -0.15) is 0 Å². The van der Waals surface area contributed by atoms with Gasteiger partial charge in [0.05, 0.1) is 6.61 Å². The van der Waals surface area contributed by atoms with Crippen LogP contribution in [0.25, 0.3) is 0 Å². The molecule has 88 valence electrons. The Morgan fingerprint density at radius 1 is 1.56 bits per heavy atom. The fraction of sp³-hybridized carbons (Fsp3) is 0.500. The Hall–Kier alpha value is -1.31. The van der Waals surface area contributed by atoms with Crippen molar-refractivity contribution in [2.75, 3.05) is 6.61 Å². The van der Waals surface area contributed by atoms with Crippen LogP contribution in [-0.4, -0.2) is 12.6 Å². The maximum atomic E-state index is 11.1. The number of hydrogen-bond acceptors (Lipinski definition) is 2. The first-order chi connectivity index (χ1) is 7.69. The van der Waals surface area contributed by atoms with Gasteiger partial charge in [-0.25, -0.2) is 4.79 Å². The standard InChI is InChI=1S/C14H20O2/c1-4-12-9-10-13(11(12)3)7-6-8-14(15)16-5-2/h4,6,8,12-13H,1,3,5,7,9-10H2,2H3/b8-6+/t12-,13+/m0/s1. The number of hydrogen-bond donors (Lipinski definition) is 0. The summed E-state index contributed by atoms with van der Waals surface area (Å²) < 4.78 is 4.81. The van der Waals surface area contributed by atoms with Crippen LogP contribution in [0.2, 0.25) is 0 Å². The third kappa shape index (κ3) is 3.37. The molecule has 0 spiro atoms. The van der Waals surface area contributed by atoms with Crippen LogP contribution in [0.1, 0.15) is 26.2 Å². The molecule has 2 nitrogen and oxygen atoms in total. The highest BCUT2D eigenvalue weighted by Gasteiger charge is 2.25. The van der Waals surface area contributed by atoms with Gasteiger partial charge >= 0.3 is 5.97 Å². The van der Waals surface area contributed by atoms with Gasteiger partial charge in [0, 0.05) is 6.08 Å². The van der Waals surface area contributed by atoms with E-state index >= 15 is 0 Å². The Kier molecular flexibility index (Phi) is 5.03. The predicted octanol–water partition coefficient (Wildman–Crippen LogP) is 3.26. The lowest BCUT2D eigenvalue weighted by atomic mass is 9.96. The number of allylic oxidation sites excluding steroid dienone is 3. The summed E-state index contributed by atoms with van der Waals surface area (Å²) in [6.07, 6.45) is 8.53. The molecular formula is C14H20O2. The summed E-state index contributed by atoms with van der Waals surface area (Å²) in [6, 6.07) is 0. The van der Waals surface area contributed by atoms with Gasteiger partial charge in [-0.05, 0) is 38.0 Å². The molecule has 1 fully saturated rings. The van der Waals surface area contributed by atoms with Crippen molar-refractivity contribution in [1.82, 2.24) is 0 Å². The molecule has 2 atom stereocenters. The van der Waals surface area contributed by atoms with Crippen molar-refractivity contribution in [1.29, 1.82) is 0 Å². The maximum absolute atomic E-state index is 11.1. The van der Waals surface area contributed by atoms with E-state index < -0.39 is 0 Å². The molecule has 1 saturated carbocycles. The summed E-state index contributed by atoms with van der Waals surface area (Å²) in [5.74, 6) is 0.695. The second-order valence-corrected chi connectivity index (χ2v) is 4.08. The lowest BCUT2D eigenvalue weighted by molar-refractivity contribution is -0.137. The smallest absolute Gasteiger partial charge is 0.330 e. The van der Waals surface area contributed by atoms with Crippen molar-refractivity contribution in [2.45, 2.75) is 26.2 Å². The largest absolute Gasteiger partial charge is 0.463 e. The minimum atomic E-state index is -0.258. The number of carbonyl (C=O) groups excluding carboxylic acids is 1. The third-order valence-electron chi connectivity index (χ3n) is 3.07. The molecule has 0 radical (unpaired) electrons. The van der Waals surface area contributed by atoms with E-state index in [0.29, 0.717) is 18.4 Å². The zero-order chi connectivity index (χ0) is 12.0. The van der Waals surface area contributed by atoms with E-state index in [0.717, 1.165) is 19.3 Å². The molecule has 0 unspecified atom stereocenters. The molecule has 0 N–H and O–H groups in total. The molecule has 0 heterocycles. The summed E-state index contributed by atoms with van der Waals surface area (Å²) >= 11 is 0. The normalized spacial score (nSPS) is 24.9. The summed E-state index contributed by atoms with van der Waals surface area (Å²) in [4.78, 5) is 11.1. The molecule has 16 heavy (non-hydrogen) atoms. The summed E-state index contributed by atoms with van der Waals surface area (Å²) in [7, 11) is 0. The zero-order valence-electron chi connectivity index (χ0n) is 9.95. The van der Waals surface area contributed by atoms with Crippen LogP contribution >= 0.6 is 0 Å². The molecule has 0 bridgehead atoms. The first-order valence-corrected chi connectivity index (χ1v) is 5.83. The first kappa shape index (κ1) is 12.8. The quantitative estimate of drug-likeness (QED) is 0.404. The SMILES string of the molecule is C=C[C@H]1CC[C@@H](C/C=C/C(=O)OCC)C1=C. The predicted molar refractivity (Wildman–Crippen MR) is 65.9 cm³/mol. The molecule has 2 heteroatoms. The minimum absolute atomic E-state index is 0.258. The average Bonchev–Trinajstić information content (AvgIpc) is 2.60. The van der Waals surface area contributed by atoms with Crippen molar-refractivity contribution < 1.29 is 9.53 Å². The molecule has 0 aromatic carbocycles. The van der Waals surface area contributed by atoms with Gasteiger partial charge in [0.25, 0.3) is 0 Å². The van der Waals surface area contributed by atoms with E-state index in [-0.39, 0.29) is 5.97 Å². The Bertz CT molecular complexity index is 302. The maximum Gasteiger partial charge on any atom is 0.330 e. The molecule has 1 aliphatic rings. The van der Waals surface area contributed by atoms with E-state index in [1.807, 2.05) is 12.2 Å². The van der Waals surface area contributed by atoms with E-state index in [9.17, 15) is 4.79 Å². The summed E-state index contributed by atoms with van der Waals surface area (Å²) in [5, 5.41) is 0. The zero-order valence-corrected chi connectivity index (χ0v) is 9.95. The number of rotatable bonds is 5. The van der Waals surface area contributed by atoms with Crippen molar-refractivity contribution in [3.63, 3.8) is 0 Å². The van der Waals surface area contributed by atoms with Crippen molar-refractivity contribution in [3.8, 4) is 0 Å². The molecule has 0 aromatic heterocycles. The van der Waals surface area contributed by atoms with Gasteiger partial charge in [-0.1, -0.05) is 24.3 Å². The van der Waals surface area contributed by atoms with Gasteiger partial charge in [0.15, 0.2) is 0 Å². The molecule has 1 rings (SSSR count). The first-order valence-electron chi connectivity index (χ1n) is 5.83. The Morgan fingerprint density at radius 2 is 2.31 bits per heavy atom. The Balaban J connectivity index is 2.36. The molecule has 0 amide bonds. The van der Waals surface area contributed by atoms with Crippen LogP contribution < -0.4 is 0 Å². The third-order valence-corrected chi connectivity index (χ3v) is 3.07. The highest BCUT2D eigenvalue weighted by atomic mass is 16.5. The second kappa shape index (κ2) is 6.31. The van der Waals surface area contributed by atoms with Crippen LogP contribution in [-0.2, 0) is 9.53 Å². The molecule has 1 aliphatic carbocycles. The molecular weight excluding hydrogens is 200 g/mol. The van der Waals surface area contributed by atoms with Gasteiger partial charge in [-0.3, -0.25) is 0 Å². The molecule has 0 saturated heterocycles. The number of esters is 1. The lowest BCUT2D eigenvalue weighted by Crippen LogP contribution is -2.01. The molecule has 0 aromatic rings. The van der Waals surface area contributed by atoms with Crippen molar-refractivity contribution >= 4 is 5.97 Å². The van der Waals surface area contributed by atoms with Crippen LogP contribution in [0.3, 0.4) is 0 Å². The monoisotopic (exact) mass is 220 g/mol. The van der Waals surface area contributed by atoms with Crippen LogP contribution in [0.15, 0.2) is 37.0 Å². The van der Waals surface area contributed by atoms with Crippen LogP contribution in [0.5, 0.6) is 0 Å². The van der Waals surface area contributed by atoms with Crippen molar-refractivity contribution in [2.24, 2.45) is 11.8 Å². The Morgan fingerprint density at radius 3 is 2.88 bits per heavy atom. The lowest BCUT2D eigenvalue weighted by Gasteiger charge is -2.10. The van der Waals surface area contributed by atoms with Crippen LogP contribution in [0.4, 0.5) is 0 Å². The second-order valence-electron chi connectivity index (χ2n) is 4.08. The van der Waals surface area contributed by atoms with Gasteiger partial charge in [0.1, 0.15) is 0 Å².